The molecule has 0 radical (unpaired) electrons. The topological polar surface area (TPSA) is 24.5 Å². The predicted molar refractivity (Wildman–Crippen MR) is 88.7 cm³/mol. The van der Waals surface area contributed by atoms with E-state index in [0.717, 1.165) is 37.3 Å². The smallest absolute Gasteiger partial charge is 0.119 e. The van der Waals surface area contributed by atoms with Gasteiger partial charge in [-0.05, 0) is 49.9 Å². The first-order chi connectivity index (χ1) is 10.1. The molecule has 1 aromatic carbocycles. The van der Waals surface area contributed by atoms with Gasteiger partial charge in [-0.2, -0.15) is 0 Å². The second kappa shape index (κ2) is 7.81. The molecule has 0 spiro atoms. The molecule has 3 unspecified atom stereocenters. The average Bonchev–Trinajstić information content (AvgIpc) is 2.45. The molecule has 0 aliphatic carbocycles. The molecule has 1 aromatic rings. The van der Waals surface area contributed by atoms with E-state index in [1.165, 1.54) is 18.5 Å². The molecule has 3 atom stereocenters. The van der Waals surface area contributed by atoms with Crippen LogP contribution in [0.5, 0.6) is 5.75 Å². The molecule has 0 bridgehead atoms. The molecular weight excluding hydrogens is 260 g/mol. The lowest BCUT2D eigenvalue weighted by atomic mass is 9.86. The minimum Gasteiger partial charge on any atom is -0.492 e. The number of likely N-dealkylation sites (tertiary alicyclic amines) is 1. The average molecular weight is 290 g/mol. The van der Waals surface area contributed by atoms with Crippen LogP contribution in [0.4, 0.5) is 0 Å². The molecule has 3 heteroatoms. The van der Waals surface area contributed by atoms with Crippen molar-refractivity contribution >= 4 is 0 Å². The molecule has 21 heavy (non-hydrogen) atoms. The van der Waals surface area contributed by atoms with Gasteiger partial charge in [0.25, 0.3) is 0 Å². The Bertz CT molecular complexity index is 435. The fourth-order valence-corrected chi connectivity index (χ4v) is 3.36. The summed E-state index contributed by atoms with van der Waals surface area (Å²) in [4.78, 5) is 2.58. The highest BCUT2D eigenvalue weighted by Crippen LogP contribution is 2.26. The number of nitrogens with zero attached hydrogens (tertiary/aromatic N) is 1. The molecule has 118 valence electrons. The summed E-state index contributed by atoms with van der Waals surface area (Å²) in [5.74, 6) is 2.57. The number of rotatable bonds is 6. The van der Waals surface area contributed by atoms with Crippen molar-refractivity contribution in [1.82, 2.24) is 10.2 Å². The van der Waals surface area contributed by atoms with Crippen LogP contribution in [0.3, 0.4) is 0 Å². The van der Waals surface area contributed by atoms with Crippen LogP contribution in [-0.2, 0) is 6.54 Å². The molecule has 1 aliphatic heterocycles. The Morgan fingerprint density at radius 3 is 2.86 bits per heavy atom. The van der Waals surface area contributed by atoms with E-state index in [0.29, 0.717) is 6.04 Å². The van der Waals surface area contributed by atoms with E-state index < -0.39 is 0 Å². The molecule has 0 saturated carbocycles. The zero-order chi connectivity index (χ0) is 15.2. The number of benzene rings is 1. The van der Waals surface area contributed by atoms with Gasteiger partial charge < -0.3 is 10.1 Å². The molecule has 0 amide bonds. The second-order valence-electron chi connectivity index (χ2n) is 6.58. The van der Waals surface area contributed by atoms with Crippen LogP contribution in [0.25, 0.3) is 0 Å². The molecule has 0 aromatic heterocycles. The van der Waals surface area contributed by atoms with Crippen LogP contribution in [0, 0.1) is 11.8 Å². The van der Waals surface area contributed by atoms with Gasteiger partial charge in [-0.3, -0.25) is 4.90 Å². The standard InChI is InChI=1S/C18H30N2O/c1-14-10-15(2)16(3)20(13-14)8-9-21-18-7-5-6-17(11-18)12-19-4/h5-7,11,14-16,19H,8-10,12-13H2,1-4H3. The van der Waals surface area contributed by atoms with Crippen molar-refractivity contribution in [2.45, 2.75) is 39.8 Å². The highest BCUT2D eigenvalue weighted by molar-refractivity contribution is 5.28. The number of nitrogens with one attached hydrogen (secondary N) is 1. The van der Waals surface area contributed by atoms with Crippen LogP contribution in [0.1, 0.15) is 32.8 Å². The zero-order valence-corrected chi connectivity index (χ0v) is 13.9. The largest absolute Gasteiger partial charge is 0.492 e. The summed E-state index contributed by atoms with van der Waals surface area (Å²) in [5, 5.41) is 3.17. The summed E-state index contributed by atoms with van der Waals surface area (Å²) in [6.07, 6.45) is 1.35. The van der Waals surface area contributed by atoms with Gasteiger partial charge >= 0.3 is 0 Å². The molecule has 3 nitrogen and oxygen atoms in total. The molecule has 1 fully saturated rings. The Morgan fingerprint density at radius 1 is 1.29 bits per heavy atom. The molecule has 1 N–H and O–H groups in total. The SMILES string of the molecule is CNCc1cccc(OCCN2CC(C)CC(C)C2C)c1. The molecule has 1 saturated heterocycles. The Kier molecular flexibility index (Phi) is 6.07. The highest BCUT2D eigenvalue weighted by Gasteiger charge is 2.28. The minimum atomic E-state index is 0.667. The first-order valence-corrected chi connectivity index (χ1v) is 8.20. The Labute approximate surface area is 129 Å². The number of ether oxygens (including phenoxy) is 1. The lowest BCUT2D eigenvalue weighted by Crippen LogP contribution is -2.47. The van der Waals surface area contributed by atoms with E-state index in [1.807, 2.05) is 13.1 Å². The van der Waals surface area contributed by atoms with E-state index in [4.69, 9.17) is 4.74 Å². The third-order valence-corrected chi connectivity index (χ3v) is 4.65. The number of piperidine rings is 1. The normalized spacial score (nSPS) is 26.8. The number of hydrogen-bond acceptors (Lipinski definition) is 3. The summed E-state index contributed by atoms with van der Waals surface area (Å²) in [6.45, 7) is 11.0. The fourth-order valence-electron chi connectivity index (χ4n) is 3.36. The molecular formula is C18H30N2O. The Morgan fingerprint density at radius 2 is 2.10 bits per heavy atom. The van der Waals surface area contributed by atoms with E-state index >= 15 is 0 Å². The summed E-state index contributed by atoms with van der Waals surface area (Å²) >= 11 is 0. The van der Waals surface area contributed by atoms with Crippen molar-refractivity contribution in [1.29, 1.82) is 0 Å². The highest BCUT2D eigenvalue weighted by atomic mass is 16.5. The van der Waals surface area contributed by atoms with E-state index in [-0.39, 0.29) is 0 Å². The maximum atomic E-state index is 5.95. The first-order valence-electron chi connectivity index (χ1n) is 8.20. The maximum Gasteiger partial charge on any atom is 0.119 e. The van der Waals surface area contributed by atoms with E-state index in [2.05, 4.69) is 49.2 Å². The third-order valence-electron chi connectivity index (χ3n) is 4.65. The van der Waals surface area contributed by atoms with Crippen molar-refractivity contribution in [3.05, 3.63) is 29.8 Å². The van der Waals surface area contributed by atoms with Crippen molar-refractivity contribution in [2.24, 2.45) is 11.8 Å². The van der Waals surface area contributed by atoms with Gasteiger partial charge in [0, 0.05) is 25.7 Å². The van der Waals surface area contributed by atoms with Gasteiger partial charge in [-0.25, -0.2) is 0 Å². The molecule has 1 aliphatic rings. The van der Waals surface area contributed by atoms with Crippen LogP contribution in [-0.4, -0.2) is 37.7 Å². The Hall–Kier alpha value is -1.06. The van der Waals surface area contributed by atoms with E-state index in [1.54, 1.807) is 0 Å². The van der Waals surface area contributed by atoms with Crippen molar-refractivity contribution in [3.8, 4) is 5.75 Å². The second-order valence-corrected chi connectivity index (χ2v) is 6.58. The van der Waals surface area contributed by atoms with Gasteiger partial charge in [-0.15, -0.1) is 0 Å². The van der Waals surface area contributed by atoms with Gasteiger partial charge in [0.1, 0.15) is 12.4 Å². The summed E-state index contributed by atoms with van der Waals surface area (Å²) in [7, 11) is 1.97. The van der Waals surface area contributed by atoms with Gasteiger partial charge in [-0.1, -0.05) is 26.0 Å². The van der Waals surface area contributed by atoms with Gasteiger partial charge in [0.2, 0.25) is 0 Å². The summed E-state index contributed by atoms with van der Waals surface area (Å²) < 4.78 is 5.95. The lowest BCUT2D eigenvalue weighted by molar-refractivity contribution is 0.0665. The quantitative estimate of drug-likeness (QED) is 0.871. The van der Waals surface area contributed by atoms with Gasteiger partial charge in [0.05, 0.1) is 0 Å². The van der Waals surface area contributed by atoms with Crippen LogP contribution in [0.15, 0.2) is 24.3 Å². The lowest BCUT2D eigenvalue weighted by Gasteiger charge is -2.41. The van der Waals surface area contributed by atoms with Crippen LogP contribution >= 0.6 is 0 Å². The first kappa shape index (κ1) is 16.3. The minimum absolute atomic E-state index is 0.667. The molecule has 1 heterocycles. The molecule has 2 rings (SSSR count). The van der Waals surface area contributed by atoms with Crippen molar-refractivity contribution in [2.75, 3.05) is 26.7 Å². The predicted octanol–water partition coefficient (Wildman–Crippen LogP) is 3.15. The fraction of sp³-hybridized carbons (Fsp3) is 0.667. The van der Waals surface area contributed by atoms with Crippen molar-refractivity contribution in [3.63, 3.8) is 0 Å². The van der Waals surface area contributed by atoms with Crippen molar-refractivity contribution < 1.29 is 4.74 Å². The summed E-state index contributed by atoms with van der Waals surface area (Å²) in [5.41, 5.74) is 1.27. The number of hydrogen-bond donors (Lipinski definition) is 1. The zero-order valence-electron chi connectivity index (χ0n) is 13.9. The van der Waals surface area contributed by atoms with Gasteiger partial charge in [0.15, 0.2) is 0 Å². The monoisotopic (exact) mass is 290 g/mol. The van der Waals surface area contributed by atoms with Crippen LogP contribution in [0.2, 0.25) is 0 Å². The van der Waals surface area contributed by atoms with E-state index in [9.17, 15) is 0 Å². The Balaban J connectivity index is 1.82. The van der Waals surface area contributed by atoms with Crippen LogP contribution < -0.4 is 10.1 Å². The third kappa shape index (κ3) is 4.72. The summed E-state index contributed by atoms with van der Waals surface area (Å²) in [6, 6.07) is 9.03. The maximum absolute atomic E-state index is 5.95.